The number of benzene rings is 2. The molecule has 1 saturated heterocycles. The molecular weight excluding hydrogens is 362 g/mol. The average molecular weight is 394 g/mol. The zero-order chi connectivity index (χ0) is 20.8. The lowest BCUT2D eigenvalue weighted by molar-refractivity contribution is 0.0718. The number of carbonyl (C=O) groups is 2. The van der Waals surface area contributed by atoms with Crippen LogP contribution in [0, 0.1) is 6.92 Å². The molecule has 5 nitrogen and oxygen atoms in total. The molecule has 3 rings (SSSR count). The van der Waals surface area contributed by atoms with Crippen LogP contribution in [0.5, 0.6) is 0 Å². The van der Waals surface area contributed by atoms with Gasteiger partial charge in [-0.1, -0.05) is 17.7 Å². The van der Waals surface area contributed by atoms with Crippen LogP contribution in [0.2, 0.25) is 0 Å². The van der Waals surface area contributed by atoms with Gasteiger partial charge in [0.25, 0.3) is 11.8 Å². The maximum atomic E-state index is 13.0. The lowest BCUT2D eigenvalue weighted by Gasteiger charge is -2.23. The van der Waals surface area contributed by atoms with Crippen LogP contribution in [0.3, 0.4) is 0 Å². The van der Waals surface area contributed by atoms with Crippen molar-refractivity contribution in [3.63, 3.8) is 0 Å². The van der Waals surface area contributed by atoms with Crippen molar-refractivity contribution in [2.75, 3.05) is 44.2 Å². The Morgan fingerprint density at radius 3 is 1.97 bits per heavy atom. The topological polar surface area (TPSA) is 43.9 Å². The summed E-state index contributed by atoms with van der Waals surface area (Å²) >= 11 is 0. The number of hydrogen-bond acceptors (Lipinski definition) is 3. The largest absolute Gasteiger partial charge is 0.372 e. The van der Waals surface area contributed by atoms with E-state index >= 15 is 0 Å². The Morgan fingerprint density at radius 2 is 1.41 bits per heavy atom. The summed E-state index contributed by atoms with van der Waals surface area (Å²) in [5.41, 5.74) is 3.64. The van der Waals surface area contributed by atoms with Gasteiger partial charge >= 0.3 is 0 Å². The SMILES string of the molecule is CCN(CC)c1ccc(C(=O)N2CCCN(C(=O)c3cccc(C)c3)CC2)cc1. The third-order valence-corrected chi connectivity index (χ3v) is 5.58. The van der Waals surface area contributed by atoms with Crippen LogP contribution < -0.4 is 4.90 Å². The van der Waals surface area contributed by atoms with Crippen molar-refractivity contribution < 1.29 is 9.59 Å². The highest BCUT2D eigenvalue weighted by Crippen LogP contribution is 2.17. The molecule has 0 aliphatic carbocycles. The summed E-state index contributed by atoms with van der Waals surface area (Å²) in [5, 5.41) is 0. The second-order valence-electron chi connectivity index (χ2n) is 7.53. The van der Waals surface area contributed by atoms with Crippen molar-refractivity contribution in [1.82, 2.24) is 9.80 Å². The van der Waals surface area contributed by atoms with E-state index in [0.717, 1.165) is 36.3 Å². The Hall–Kier alpha value is -2.82. The Balaban J connectivity index is 1.64. The Labute approximate surface area is 173 Å². The molecule has 5 heteroatoms. The fourth-order valence-corrected chi connectivity index (χ4v) is 3.87. The number of rotatable bonds is 5. The van der Waals surface area contributed by atoms with E-state index in [0.29, 0.717) is 31.7 Å². The van der Waals surface area contributed by atoms with E-state index in [9.17, 15) is 9.59 Å². The standard InChI is InChI=1S/C24H31N3O2/c1-4-25(5-2)22-12-10-20(11-13-22)23(28)26-14-7-15-27(17-16-26)24(29)21-9-6-8-19(3)18-21/h6,8-13,18H,4-5,7,14-17H2,1-3H3. The first-order valence-corrected chi connectivity index (χ1v) is 10.5. The van der Waals surface area contributed by atoms with Crippen LogP contribution in [-0.2, 0) is 0 Å². The fraction of sp³-hybridized carbons (Fsp3) is 0.417. The zero-order valence-corrected chi connectivity index (χ0v) is 17.7. The smallest absolute Gasteiger partial charge is 0.253 e. The molecule has 154 valence electrons. The molecule has 1 fully saturated rings. The molecule has 0 aromatic heterocycles. The highest BCUT2D eigenvalue weighted by atomic mass is 16.2. The molecule has 29 heavy (non-hydrogen) atoms. The minimum absolute atomic E-state index is 0.0425. The number of nitrogens with zero attached hydrogens (tertiary/aromatic N) is 3. The lowest BCUT2D eigenvalue weighted by Crippen LogP contribution is -2.37. The number of anilines is 1. The minimum Gasteiger partial charge on any atom is -0.372 e. The van der Waals surface area contributed by atoms with Crippen LogP contribution in [-0.4, -0.2) is 60.9 Å². The molecule has 0 bridgehead atoms. The summed E-state index contributed by atoms with van der Waals surface area (Å²) in [6, 6.07) is 15.6. The van der Waals surface area contributed by atoms with Crippen molar-refractivity contribution in [3.05, 3.63) is 65.2 Å². The van der Waals surface area contributed by atoms with Crippen molar-refractivity contribution >= 4 is 17.5 Å². The number of amides is 2. The molecule has 0 saturated carbocycles. The quantitative estimate of drug-likeness (QED) is 0.775. The molecule has 1 aliphatic rings. The average Bonchev–Trinajstić information content (AvgIpc) is 3.00. The van der Waals surface area contributed by atoms with Crippen LogP contribution >= 0.6 is 0 Å². The first-order valence-electron chi connectivity index (χ1n) is 10.5. The first kappa shape index (κ1) is 20.9. The fourth-order valence-electron chi connectivity index (χ4n) is 3.87. The summed E-state index contributed by atoms with van der Waals surface area (Å²) in [6.45, 7) is 10.6. The van der Waals surface area contributed by atoms with E-state index in [1.165, 1.54) is 0 Å². The molecule has 0 radical (unpaired) electrons. The normalized spacial score (nSPS) is 14.4. The van der Waals surface area contributed by atoms with Gasteiger partial charge in [0, 0.05) is 56.1 Å². The molecular formula is C24H31N3O2. The Kier molecular flexibility index (Phi) is 6.91. The van der Waals surface area contributed by atoms with Crippen molar-refractivity contribution in [2.24, 2.45) is 0 Å². The lowest BCUT2D eigenvalue weighted by atomic mass is 10.1. The van der Waals surface area contributed by atoms with E-state index in [4.69, 9.17) is 0 Å². The van der Waals surface area contributed by atoms with Gasteiger partial charge in [0.2, 0.25) is 0 Å². The first-order chi connectivity index (χ1) is 14.0. The maximum Gasteiger partial charge on any atom is 0.253 e. The van der Waals surface area contributed by atoms with Crippen LogP contribution in [0.25, 0.3) is 0 Å². The van der Waals surface area contributed by atoms with E-state index < -0.39 is 0 Å². The van der Waals surface area contributed by atoms with Gasteiger partial charge in [-0.15, -0.1) is 0 Å². The molecule has 2 aromatic rings. The predicted octanol–water partition coefficient (Wildman–Crippen LogP) is 3.83. The molecule has 1 aliphatic heterocycles. The van der Waals surface area contributed by atoms with Crippen LogP contribution in [0.15, 0.2) is 48.5 Å². The molecule has 0 unspecified atom stereocenters. The number of aryl methyl sites for hydroxylation is 1. The second kappa shape index (κ2) is 9.59. The van der Waals surface area contributed by atoms with Gasteiger partial charge < -0.3 is 14.7 Å². The molecule has 0 N–H and O–H groups in total. The van der Waals surface area contributed by atoms with E-state index in [1.807, 2.05) is 65.3 Å². The van der Waals surface area contributed by atoms with Gasteiger partial charge in [-0.05, 0) is 63.6 Å². The van der Waals surface area contributed by atoms with Gasteiger partial charge in [0.05, 0.1) is 0 Å². The summed E-state index contributed by atoms with van der Waals surface area (Å²) in [5.74, 6) is 0.0903. The third-order valence-electron chi connectivity index (χ3n) is 5.58. The van der Waals surface area contributed by atoms with Gasteiger partial charge in [-0.2, -0.15) is 0 Å². The van der Waals surface area contributed by atoms with Gasteiger partial charge in [-0.25, -0.2) is 0 Å². The molecule has 1 heterocycles. The molecule has 2 aromatic carbocycles. The predicted molar refractivity (Wildman–Crippen MR) is 118 cm³/mol. The van der Waals surface area contributed by atoms with Gasteiger partial charge in [0.15, 0.2) is 0 Å². The molecule has 0 atom stereocenters. The van der Waals surface area contributed by atoms with E-state index in [2.05, 4.69) is 18.7 Å². The highest BCUT2D eigenvalue weighted by molar-refractivity contribution is 5.95. The van der Waals surface area contributed by atoms with E-state index in [1.54, 1.807) is 0 Å². The summed E-state index contributed by atoms with van der Waals surface area (Å²) in [7, 11) is 0. The monoisotopic (exact) mass is 393 g/mol. The highest BCUT2D eigenvalue weighted by Gasteiger charge is 2.23. The molecule has 0 spiro atoms. The summed E-state index contributed by atoms with van der Waals surface area (Å²) in [4.78, 5) is 31.8. The number of hydrogen-bond donors (Lipinski definition) is 0. The van der Waals surface area contributed by atoms with Crippen LogP contribution in [0.4, 0.5) is 5.69 Å². The summed E-state index contributed by atoms with van der Waals surface area (Å²) < 4.78 is 0. The minimum atomic E-state index is 0.0425. The van der Waals surface area contributed by atoms with E-state index in [-0.39, 0.29) is 11.8 Å². The summed E-state index contributed by atoms with van der Waals surface area (Å²) in [6.07, 6.45) is 0.792. The van der Waals surface area contributed by atoms with Gasteiger partial charge in [0.1, 0.15) is 0 Å². The second-order valence-corrected chi connectivity index (χ2v) is 7.53. The Morgan fingerprint density at radius 1 is 0.828 bits per heavy atom. The zero-order valence-electron chi connectivity index (χ0n) is 17.7. The van der Waals surface area contributed by atoms with Crippen LogP contribution in [0.1, 0.15) is 46.5 Å². The maximum absolute atomic E-state index is 13.0. The molecule has 2 amide bonds. The third kappa shape index (κ3) is 4.97. The Bertz CT molecular complexity index is 843. The van der Waals surface area contributed by atoms with Crippen molar-refractivity contribution in [2.45, 2.75) is 27.2 Å². The van der Waals surface area contributed by atoms with Gasteiger partial charge in [-0.3, -0.25) is 9.59 Å². The number of carbonyl (C=O) groups excluding carboxylic acids is 2. The van der Waals surface area contributed by atoms with Crippen molar-refractivity contribution in [3.8, 4) is 0 Å². The van der Waals surface area contributed by atoms with Crippen molar-refractivity contribution in [1.29, 1.82) is 0 Å².